The summed E-state index contributed by atoms with van der Waals surface area (Å²) in [6.07, 6.45) is 0.935. The fraction of sp³-hybridized carbons (Fsp3) is 0.444. The molecule has 3 rings (SSSR count). The lowest BCUT2D eigenvalue weighted by molar-refractivity contribution is -0.128. The van der Waals surface area contributed by atoms with Crippen molar-refractivity contribution in [3.8, 4) is 5.75 Å². The number of nitrogens with zero attached hydrogens (tertiary/aromatic N) is 2. The van der Waals surface area contributed by atoms with Gasteiger partial charge in [0.2, 0.25) is 11.8 Å². The number of ether oxygens (including phenoxy) is 1. The van der Waals surface area contributed by atoms with E-state index in [1.165, 1.54) is 11.8 Å². The van der Waals surface area contributed by atoms with Gasteiger partial charge in [-0.25, -0.2) is 0 Å². The maximum Gasteiger partial charge on any atom is 0.262 e. The Hall–Kier alpha value is -2.13. The van der Waals surface area contributed by atoms with Gasteiger partial charge in [0, 0.05) is 20.0 Å². The van der Waals surface area contributed by atoms with E-state index in [4.69, 9.17) is 17.0 Å². The van der Waals surface area contributed by atoms with Crippen LogP contribution in [0.3, 0.4) is 0 Å². The molecule has 7 nitrogen and oxygen atoms in total. The number of nitrogens with one attached hydrogen (secondary N) is 1. The van der Waals surface area contributed by atoms with Crippen LogP contribution in [0.15, 0.2) is 24.3 Å². The molecular formula is C18H21N3O4S2. The molecule has 1 saturated heterocycles. The molecule has 1 atom stereocenters. The Morgan fingerprint density at radius 2 is 2.11 bits per heavy atom. The van der Waals surface area contributed by atoms with E-state index in [-0.39, 0.29) is 24.3 Å². The molecule has 1 N–H and O–H groups in total. The van der Waals surface area contributed by atoms with Crippen LogP contribution >= 0.6 is 24.0 Å². The highest BCUT2D eigenvalue weighted by Gasteiger charge is 2.33. The molecule has 0 spiro atoms. The van der Waals surface area contributed by atoms with E-state index >= 15 is 0 Å². The number of hydrogen-bond donors (Lipinski definition) is 1. The first-order chi connectivity index (χ1) is 13.0. The van der Waals surface area contributed by atoms with Crippen molar-refractivity contribution in [1.82, 2.24) is 10.2 Å². The monoisotopic (exact) mass is 407 g/mol. The van der Waals surface area contributed by atoms with E-state index in [9.17, 15) is 14.4 Å². The highest BCUT2D eigenvalue weighted by molar-refractivity contribution is 8.23. The van der Waals surface area contributed by atoms with Crippen molar-refractivity contribution >= 4 is 51.7 Å². The van der Waals surface area contributed by atoms with Crippen LogP contribution in [0.2, 0.25) is 0 Å². The fourth-order valence-electron chi connectivity index (χ4n) is 3.05. The summed E-state index contributed by atoms with van der Waals surface area (Å²) in [6, 6.07) is 7.20. The molecule has 0 aromatic heterocycles. The summed E-state index contributed by atoms with van der Waals surface area (Å²) in [5.41, 5.74) is 0.676. The summed E-state index contributed by atoms with van der Waals surface area (Å²) in [5.74, 6) is 0.635. The molecule has 0 bridgehead atoms. The number of carbonyl (C=O) groups is 3. The largest absolute Gasteiger partial charge is 0.477 e. The molecule has 2 aliphatic rings. The summed E-state index contributed by atoms with van der Waals surface area (Å²) < 4.78 is 6.33. The quantitative estimate of drug-likeness (QED) is 0.570. The minimum Gasteiger partial charge on any atom is -0.477 e. The van der Waals surface area contributed by atoms with Crippen molar-refractivity contribution < 1.29 is 19.1 Å². The third-order valence-electron chi connectivity index (χ3n) is 4.48. The van der Waals surface area contributed by atoms with Crippen molar-refractivity contribution in [2.24, 2.45) is 0 Å². The highest BCUT2D eigenvalue weighted by atomic mass is 32.2. The molecule has 144 valence electrons. The zero-order valence-corrected chi connectivity index (χ0v) is 16.6. The summed E-state index contributed by atoms with van der Waals surface area (Å²) in [7, 11) is 1.54. The minimum atomic E-state index is -0.731. The fourth-order valence-corrected chi connectivity index (χ4v) is 4.17. The van der Waals surface area contributed by atoms with Crippen molar-refractivity contribution in [2.75, 3.05) is 30.8 Å². The smallest absolute Gasteiger partial charge is 0.262 e. The molecule has 0 unspecified atom stereocenters. The van der Waals surface area contributed by atoms with Crippen LogP contribution in [-0.4, -0.2) is 58.9 Å². The average molecular weight is 408 g/mol. The minimum absolute atomic E-state index is 0.0341. The van der Waals surface area contributed by atoms with E-state index in [2.05, 4.69) is 5.32 Å². The van der Waals surface area contributed by atoms with Gasteiger partial charge in [-0.2, -0.15) is 0 Å². The Morgan fingerprint density at radius 1 is 1.33 bits per heavy atom. The maximum absolute atomic E-state index is 12.8. The van der Waals surface area contributed by atoms with Gasteiger partial charge in [0.05, 0.1) is 18.0 Å². The maximum atomic E-state index is 12.8. The van der Waals surface area contributed by atoms with Crippen molar-refractivity contribution in [3.05, 3.63) is 24.3 Å². The summed E-state index contributed by atoms with van der Waals surface area (Å²) in [5, 5.41) is 2.56. The highest BCUT2D eigenvalue weighted by Crippen LogP contribution is 2.33. The van der Waals surface area contributed by atoms with Gasteiger partial charge < -0.3 is 15.0 Å². The van der Waals surface area contributed by atoms with Crippen LogP contribution in [0.5, 0.6) is 5.75 Å². The van der Waals surface area contributed by atoms with Crippen LogP contribution in [0, 0.1) is 0 Å². The van der Waals surface area contributed by atoms with Crippen LogP contribution in [0.1, 0.15) is 19.3 Å². The lowest BCUT2D eigenvalue weighted by atomic mass is 10.1. The zero-order valence-electron chi connectivity index (χ0n) is 15.0. The summed E-state index contributed by atoms with van der Waals surface area (Å²) in [4.78, 5) is 39.7. The second-order valence-corrected chi connectivity index (χ2v) is 7.86. The molecular weight excluding hydrogens is 386 g/mol. The van der Waals surface area contributed by atoms with Gasteiger partial charge in [0.1, 0.15) is 10.1 Å². The zero-order chi connectivity index (χ0) is 19.4. The Bertz CT molecular complexity index is 755. The van der Waals surface area contributed by atoms with Crippen LogP contribution in [-0.2, 0) is 14.4 Å². The van der Waals surface area contributed by atoms with E-state index in [1.54, 1.807) is 22.9 Å². The van der Waals surface area contributed by atoms with E-state index in [0.29, 0.717) is 47.3 Å². The number of thiocarbonyl (C=S) groups is 1. The predicted octanol–water partition coefficient (Wildman–Crippen LogP) is 1.56. The number of amides is 3. The first-order valence-corrected chi connectivity index (χ1v) is 10.2. The van der Waals surface area contributed by atoms with Gasteiger partial charge >= 0.3 is 0 Å². The summed E-state index contributed by atoms with van der Waals surface area (Å²) >= 11 is 6.53. The molecule has 0 radical (unpaired) electrons. The second kappa shape index (κ2) is 8.71. The van der Waals surface area contributed by atoms with E-state index in [0.717, 1.165) is 0 Å². The number of likely N-dealkylation sites (N-methyl/N-ethyl adjacent to an activating group) is 1. The van der Waals surface area contributed by atoms with Gasteiger partial charge in [-0.15, -0.1) is 0 Å². The SMILES string of the molecule is CNC(=O)[C@H]1CN(C(=O)CCCCN2C(=O)CSC2=S)c2ccccc2O1. The number of unbranched alkanes of at least 4 members (excludes halogenated alkanes) is 1. The molecule has 2 heterocycles. The molecule has 9 heteroatoms. The molecule has 1 aromatic carbocycles. The lowest BCUT2D eigenvalue weighted by Crippen LogP contribution is -2.50. The third-order valence-corrected chi connectivity index (χ3v) is 5.91. The number of hydrogen-bond acceptors (Lipinski definition) is 6. The Labute approximate surface area is 167 Å². The lowest BCUT2D eigenvalue weighted by Gasteiger charge is -2.34. The Kier molecular flexibility index (Phi) is 6.33. The van der Waals surface area contributed by atoms with Crippen molar-refractivity contribution in [2.45, 2.75) is 25.4 Å². The van der Waals surface area contributed by atoms with Crippen molar-refractivity contribution in [1.29, 1.82) is 0 Å². The molecule has 27 heavy (non-hydrogen) atoms. The Morgan fingerprint density at radius 3 is 2.81 bits per heavy atom. The van der Waals surface area contributed by atoms with Crippen LogP contribution < -0.4 is 15.0 Å². The standard InChI is InChI=1S/C18H21N3O4S2/c1-19-17(24)14-10-21(12-6-2-3-7-13(12)25-14)15(22)8-4-5-9-20-16(23)11-27-18(20)26/h2-3,6-7,14H,4-5,8-11H2,1H3,(H,19,24)/t14-/m1/s1. The molecule has 0 saturated carbocycles. The number of thioether (sulfide) groups is 1. The van der Waals surface area contributed by atoms with E-state index < -0.39 is 6.10 Å². The predicted molar refractivity (Wildman–Crippen MR) is 108 cm³/mol. The van der Waals surface area contributed by atoms with Crippen molar-refractivity contribution in [3.63, 3.8) is 0 Å². The number of anilines is 1. The third kappa shape index (κ3) is 4.41. The van der Waals surface area contributed by atoms with Gasteiger partial charge in [-0.05, 0) is 25.0 Å². The molecule has 2 aliphatic heterocycles. The number of benzene rings is 1. The van der Waals surface area contributed by atoms with Gasteiger partial charge in [-0.1, -0.05) is 36.1 Å². The Balaban J connectivity index is 1.59. The number of carbonyl (C=O) groups excluding carboxylic acids is 3. The topological polar surface area (TPSA) is 79.0 Å². The van der Waals surface area contributed by atoms with E-state index in [1.807, 2.05) is 18.2 Å². The molecule has 3 amide bonds. The average Bonchev–Trinajstić information content (AvgIpc) is 3.01. The number of fused-ring (bicyclic) bond motifs is 1. The first-order valence-electron chi connectivity index (χ1n) is 8.76. The van der Waals surface area contributed by atoms with Gasteiger partial charge in [0.15, 0.2) is 6.10 Å². The van der Waals surface area contributed by atoms with Crippen LogP contribution in [0.25, 0.3) is 0 Å². The van der Waals surface area contributed by atoms with Gasteiger partial charge in [0.25, 0.3) is 5.91 Å². The first kappa shape index (κ1) is 19.6. The normalized spacial score (nSPS) is 18.9. The number of para-hydroxylation sites is 2. The molecule has 1 fully saturated rings. The second-order valence-electron chi connectivity index (χ2n) is 6.25. The number of rotatable bonds is 6. The van der Waals surface area contributed by atoms with Crippen LogP contribution in [0.4, 0.5) is 5.69 Å². The summed E-state index contributed by atoms with van der Waals surface area (Å²) in [6.45, 7) is 0.722. The molecule has 0 aliphatic carbocycles. The molecule has 1 aromatic rings. The van der Waals surface area contributed by atoms with Gasteiger partial charge in [-0.3, -0.25) is 19.3 Å².